The first-order valence-corrected chi connectivity index (χ1v) is 11.7. The largest absolute Gasteiger partial charge is 0.493 e. The Bertz CT molecular complexity index is 1350. The summed E-state index contributed by atoms with van der Waals surface area (Å²) in [5, 5.41) is 16.0. The minimum absolute atomic E-state index is 0.0135. The van der Waals surface area contributed by atoms with Crippen LogP contribution in [-0.2, 0) is 10.0 Å². The average Bonchev–Trinajstić information content (AvgIpc) is 2.83. The van der Waals surface area contributed by atoms with Crippen LogP contribution in [0.5, 0.6) is 17.2 Å². The molecule has 0 aliphatic rings. The van der Waals surface area contributed by atoms with Gasteiger partial charge < -0.3 is 14.2 Å². The minimum atomic E-state index is -4.11. The van der Waals surface area contributed by atoms with Crippen LogP contribution in [0.15, 0.2) is 64.6 Å². The Morgan fingerprint density at radius 1 is 1.00 bits per heavy atom. The van der Waals surface area contributed by atoms with Crippen molar-refractivity contribution in [2.24, 2.45) is 5.10 Å². The molecule has 3 aromatic carbocycles. The molecule has 184 valence electrons. The molecule has 3 rings (SSSR count). The number of benzene rings is 3. The number of sulfonamides is 1. The lowest BCUT2D eigenvalue weighted by Crippen LogP contribution is -2.13. The highest BCUT2D eigenvalue weighted by atomic mass is 35.5. The molecule has 0 fully saturated rings. The van der Waals surface area contributed by atoms with E-state index >= 15 is 0 Å². The minimum Gasteiger partial charge on any atom is -0.493 e. The standard InChI is InChI=1S/C22H21ClN4O7S/c1-32-20-9-14(10-21(33-2)22(20)34-3)13-24-25-18-8-7-17(12-19(18)27(28)29)35(30,31)26-16-6-4-5-15(23)11-16/h4-13,25-26H,1-3H3/b24-13+. The molecule has 0 spiro atoms. The molecule has 0 aromatic heterocycles. The smallest absolute Gasteiger partial charge is 0.295 e. The molecule has 3 aromatic rings. The third-order valence-corrected chi connectivity index (χ3v) is 6.25. The molecular formula is C22H21ClN4O7S. The van der Waals surface area contributed by atoms with Gasteiger partial charge in [-0.1, -0.05) is 17.7 Å². The summed E-state index contributed by atoms with van der Waals surface area (Å²) in [6.07, 6.45) is 1.39. The van der Waals surface area contributed by atoms with Gasteiger partial charge in [0.25, 0.3) is 15.7 Å². The van der Waals surface area contributed by atoms with Crippen molar-refractivity contribution < 1.29 is 27.6 Å². The first-order chi connectivity index (χ1) is 16.7. The van der Waals surface area contributed by atoms with Crippen LogP contribution in [-0.4, -0.2) is 40.9 Å². The van der Waals surface area contributed by atoms with Crippen LogP contribution >= 0.6 is 11.6 Å². The number of ether oxygens (including phenoxy) is 3. The number of nitro groups is 1. The predicted octanol–water partition coefficient (Wildman–Crippen LogP) is 4.52. The fourth-order valence-electron chi connectivity index (χ4n) is 3.04. The number of halogens is 1. The van der Waals surface area contributed by atoms with Gasteiger partial charge in [-0.2, -0.15) is 5.10 Å². The maximum absolute atomic E-state index is 12.7. The predicted molar refractivity (Wildman–Crippen MR) is 133 cm³/mol. The molecule has 0 bridgehead atoms. The number of hydrogen-bond acceptors (Lipinski definition) is 9. The molecule has 13 heteroatoms. The third-order valence-electron chi connectivity index (χ3n) is 4.64. The fourth-order valence-corrected chi connectivity index (χ4v) is 4.30. The van der Waals surface area contributed by atoms with Gasteiger partial charge in [0.2, 0.25) is 5.75 Å². The van der Waals surface area contributed by atoms with Crippen molar-refractivity contribution in [1.82, 2.24) is 0 Å². The first-order valence-electron chi connectivity index (χ1n) is 9.84. The van der Waals surface area contributed by atoms with Gasteiger partial charge >= 0.3 is 0 Å². The van der Waals surface area contributed by atoms with Gasteiger partial charge in [-0.25, -0.2) is 8.42 Å². The summed E-state index contributed by atoms with van der Waals surface area (Å²) in [5.74, 6) is 1.21. The maximum atomic E-state index is 12.7. The van der Waals surface area contributed by atoms with E-state index in [9.17, 15) is 18.5 Å². The van der Waals surface area contributed by atoms with E-state index in [-0.39, 0.29) is 16.3 Å². The van der Waals surface area contributed by atoms with Gasteiger partial charge in [-0.15, -0.1) is 0 Å². The zero-order valence-corrected chi connectivity index (χ0v) is 20.4. The number of nitro benzene ring substituents is 1. The van der Waals surface area contributed by atoms with Crippen molar-refractivity contribution in [3.8, 4) is 17.2 Å². The zero-order valence-electron chi connectivity index (χ0n) is 18.8. The molecule has 35 heavy (non-hydrogen) atoms. The van der Waals surface area contributed by atoms with Crippen LogP contribution in [0.2, 0.25) is 5.02 Å². The molecule has 0 radical (unpaired) electrons. The van der Waals surface area contributed by atoms with E-state index in [2.05, 4.69) is 15.2 Å². The summed E-state index contributed by atoms with van der Waals surface area (Å²) in [7, 11) is 0.306. The lowest BCUT2D eigenvalue weighted by atomic mass is 10.2. The van der Waals surface area contributed by atoms with E-state index < -0.39 is 20.6 Å². The van der Waals surface area contributed by atoms with E-state index in [1.807, 2.05) is 0 Å². The lowest BCUT2D eigenvalue weighted by molar-refractivity contribution is -0.384. The van der Waals surface area contributed by atoms with Crippen molar-refractivity contribution in [3.63, 3.8) is 0 Å². The van der Waals surface area contributed by atoms with Crippen molar-refractivity contribution in [3.05, 3.63) is 75.3 Å². The maximum Gasteiger partial charge on any atom is 0.295 e. The van der Waals surface area contributed by atoms with Crippen LogP contribution in [0.1, 0.15) is 5.56 Å². The number of methoxy groups -OCH3 is 3. The Hall–Kier alpha value is -4.03. The van der Waals surface area contributed by atoms with Gasteiger partial charge in [0.05, 0.1) is 43.1 Å². The molecule has 0 saturated carbocycles. The Kier molecular flexibility index (Phi) is 7.99. The molecule has 0 amide bonds. The van der Waals surface area contributed by atoms with Crippen molar-refractivity contribution in [1.29, 1.82) is 0 Å². The van der Waals surface area contributed by atoms with Crippen molar-refractivity contribution >= 4 is 44.9 Å². The molecule has 0 heterocycles. The Balaban J connectivity index is 1.86. The molecule has 0 atom stereocenters. The number of rotatable bonds is 10. The van der Waals surface area contributed by atoms with Crippen LogP contribution < -0.4 is 24.4 Å². The summed E-state index contributed by atoms with van der Waals surface area (Å²) in [5.41, 5.74) is 2.84. The average molecular weight is 521 g/mol. The number of hydrazone groups is 1. The molecule has 11 nitrogen and oxygen atoms in total. The zero-order chi connectivity index (χ0) is 25.6. The second-order valence-electron chi connectivity index (χ2n) is 6.88. The van der Waals surface area contributed by atoms with Crippen LogP contribution in [0.4, 0.5) is 17.1 Å². The summed E-state index contributed by atoms with van der Waals surface area (Å²) < 4.78 is 43.6. The number of anilines is 2. The molecule has 0 saturated heterocycles. The van der Waals surface area contributed by atoms with E-state index in [4.69, 9.17) is 25.8 Å². The van der Waals surface area contributed by atoms with Gasteiger partial charge in [-0.05, 0) is 42.5 Å². The van der Waals surface area contributed by atoms with Crippen molar-refractivity contribution in [2.75, 3.05) is 31.5 Å². The van der Waals surface area contributed by atoms with E-state index in [0.29, 0.717) is 27.8 Å². The van der Waals surface area contributed by atoms with Crippen LogP contribution in [0.3, 0.4) is 0 Å². The summed E-state index contributed by atoms with van der Waals surface area (Å²) in [6, 6.07) is 12.8. The Labute approximate surface area is 206 Å². The van der Waals surface area contributed by atoms with E-state index in [1.54, 1.807) is 24.3 Å². The number of nitrogens with one attached hydrogen (secondary N) is 2. The topological polar surface area (TPSA) is 141 Å². The molecule has 0 unspecified atom stereocenters. The number of hydrogen-bond donors (Lipinski definition) is 2. The second-order valence-corrected chi connectivity index (χ2v) is 9.00. The third kappa shape index (κ3) is 6.11. The molecule has 2 N–H and O–H groups in total. The highest BCUT2D eigenvalue weighted by Gasteiger charge is 2.22. The van der Waals surface area contributed by atoms with Crippen molar-refractivity contribution in [2.45, 2.75) is 4.90 Å². The lowest BCUT2D eigenvalue weighted by Gasteiger charge is -2.12. The summed E-state index contributed by atoms with van der Waals surface area (Å²) in [4.78, 5) is 10.6. The fraction of sp³-hybridized carbons (Fsp3) is 0.136. The highest BCUT2D eigenvalue weighted by Crippen LogP contribution is 2.37. The van der Waals surface area contributed by atoms with Crippen LogP contribution in [0.25, 0.3) is 0 Å². The van der Waals surface area contributed by atoms with Gasteiger partial charge in [0.15, 0.2) is 11.5 Å². The quantitative estimate of drug-likeness (QED) is 0.226. The Morgan fingerprint density at radius 2 is 1.69 bits per heavy atom. The molecule has 0 aliphatic heterocycles. The highest BCUT2D eigenvalue weighted by molar-refractivity contribution is 7.92. The summed E-state index contributed by atoms with van der Waals surface area (Å²) in [6.45, 7) is 0. The SMILES string of the molecule is COc1cc(/C=N/Nc2ccc(S(=O)(=O)Nc3cccc(Cl)c3)cc2[N+](=O)[O-])cc(OC)c1OC. The number of nitrogens with zero attached hydrogens (tertiary/aromatic N) is 2. The van der Waals surface area contributed by atoms with Gasteiger partial charge in [0.1, 0.15) is 5.69 Å². The first kappa shape index (κ1) is 25.6. The molecule has 0 aliphatic carbocycles. The second kappa shape index (κ2) is 10.9. The Morgan fingerprint density at radius 3 is 2.26 bits per heavy atom. The molecular weight excluding hydrogens is 500 g/mol. The van der Waals surface area contributed by atoms with E-state index in [1.165, 1.54) is 51.8 Å². The monoisotopic (exact) mass is 520 g/mol. The van der Waals surface area contributed by atoms with E-state index in [0.717, 1.165) is 6.07 Å². The van der Waals surface area contributed by atoms with Gasteiger partial charge in [-0.3, -0.25) is 20.3 Å². The normalized spacial score (nSPS) is 11.2. The van der Waals surface area contributed by atoms with Crippen LogP contribution in [0, 0.1) is 10.1 Å². The van der Waals surface area contributed by atoms with Gasteiger partial charge in [0, 0.05) is 16.7 Å². The summed E-state index contributed by atoms with van der Waals surface area (Å²) >= 11 is 5.88.